The summed E-state index contributed by atoms with van der Waals surface area (Å²) in [6.45, 7) is 1.90. The number of hydrogen-bond acceptors (Lipinski definition) is 6. The number of aryl methyl sites for hydroxylation is 1. The van der Waals surface area contributed by atoms with E-state index in [1.54, 1.807) is 60.1 Å². The monoisotopic (exact) mass is 417 g/mol. The highest BCUT2D eigenvalue weighted by molar-refractivity contribution is 7.99. The second kappa shape index (κ2) is 8.03. The topological polar surface area (TPSA) is 120 Å². The Labute approximate surface area is 167 Å². The summed E-state index contributed by atoms with van der Waals surface area (Å²) in [6, 6.07) is 13.4. The number of nitrogens with one attached hydrogen (secondary N) is 1. The van der Waals surface area contributed by atoms with Crippen LogP contribution in [0.1, 0.15) is 5.56 Å². The predicted molar refractivity (Wildman–Crippen MR) is 108 cm³/mol. The van der Waals surface area contributed by atoms with E-state index in [0.29, 0.717) is 16.7 Å². The van der Waals surface area contributed by atoms with Gasteiger partial charge in [-0.1, -0.05) is 29.5 Å². The lowest BCUT2D eigenvalue weighted by Gasteiger charge is -2.09. The fraction of sp³-hybridized carbons (Fsp3) is 0.167. The Morgan fingerprint density at radius 3 is 2.36 bits per heavy atom. The number of aromatic nitrogens is 3. The molecule has 1 amide bonds. The van der Waals surface area contributed by atoms with Gasteiger partial charge < -0.3 is 10.3 Å². The minimum Gasteiger partial charge on any atom is -0.369 e. The van der Waals surface area contributed by atoms with Crippen LogP contribution < -0.4 is 10.5 Å². The van der Waals surface area contributed by atoms with Crippen LogP contribution in [0.25, 0.3) is 11.4 Å². The second-order valence-corrected chi connectivity index (χ2v) is 8.74. The van der Waals surface area contributed by atoms with Crippen molar-refractivity contribution < 1.29 is 13.2 Å². The molecular formula is C18H19N5O3S2. The number of thioether (sulfide) groups is 1. The molecule has 0 radical (unpaired) electrons. The lowest BCUT2D eigenvalue weighted by Crippen LogP contribution is -2.13. The molecule has 0 unspecified atom stereocenters. The van der Waals surface area contributed by atoms with Gasteiger partial charge in [0.05, 0.1) is 10.6 Å². The van der Waals surface area contributed by atoms with E-state index in [9.17, 15) is 13.2 Å². The van der Waals surface area contributed by atoms with Gasteiger partial charge in [-0.15, -0.1) is 10.2 Å². The van der Waals surface area contributed by atoms with E-state index in [4.69, 9.17) is 5.73 Å². The average Bonchev–Trinajstić information content (AvgIpc) is 3.01. The Kier molecular flexibility index (Phi) is 5.71. The van der Waals surface area contributed by atoms with E-state index in [2.05, 4.69) is 14.9 Å². The summed E-state index contributed by atoms with van der Waals surface area (Å²) in [5.74, 6) is 0.283. The fourth-order valence-corrected chi connectivity index (χ4v) is 4.16. The standard InChI is InChI=1S/C18H19N5O3S2/c1-12-3-9-15(10-4-12)28(25,26)22-14-7-5-13(6-8-14)17-20-21-18(23(17)2)27-11-16(19)24/h3-10,22H,11H2,1-2H3,(H2,19,24). The third-order valence-electron chi connectivity index (χ3n) is 3.91. The predicted octanol–water partition coefficient (Wildman–Crippen LogP) is 2.17. The van der Waals surface area contributed by atoms with Crippen molar-refractivity contribution >= 4 is 33.4 Å². The van der Waals surface area contributed by atoms with Gasteiger partial charge in [0.2, 0.25) is 5.91 Å². The van der Waals surface area contributed by atoms with Crippen molar-refractivity contribution in [1.82, 2.24) is 14.8 Å². The minimum atomic E-state index is -3.66. The number of carbonyl (C=O) groups excluding carboxylic acids is 1. The number of amides is 1. The van der Waals surface area contributed by atoms with Crippen molar-refractivity contribution in [2.75, 3.05) is 10.5 Å². The normalized spacial score (nSPS) is 11.4. The Bertz CT molecular complexity index is 1090. The summed E-state index contributed by atoms with van der Waals surface area (Å²) < 4.78 is 29.3. The minimum absolute atomic E-state index is 0.117. The highest BCUT2D eigenvalue weighted by Crippen LogP contribution is 2.24. The molecule has 0 atom stereocenters. The van der Waals surface area contributed by atoms with Crippen LogP contribution in [0.4, 0.5) is 5.69 Å². The van der Waals surface area contributed by atoms with Crippen LogP contribution in [-0.4, -0.2) is 34.8 Å². The van der Waals surface area contributed by atoms with Crippen molar-refractivity contribution in [1.29, 1.82) is 0 Å². The number of benzene rings is 2. The molecule has 0 saturated carbocycles. The molecule has 1 heterocycles. The van der Waals surface area contributed by atoms with E-state index in [1.807, 2.05) is 6.92 Å². The van der Waals surface area contributed by atoms with Gasteiger partial charge in [-0.25, -0.2) is 8.42 Å². The van der Waals surface area contributed by atoms with Crippen LogP contribution in [0.5, 0.6) is 0 Å². The van der Waals surface area contributed by atoms with Gasteiger partial charge in [-0.2, -0.15) is 0 Å². The van der Waals surface area contributed by atoms with Crippen molar-refractivity contribution in [3.63, 3.8) is 0 Å². The molecule has 1 aromatic heterocycles. The first kappa shape index (κ1) is 19.9. The number of nitrogens with zero attached hydrogens (tertiary/aromatic N) is 3. The molecule has 146 valence electrons. The Balaban J connectivity index is 1.77. The molecule has 0 spiro atoms. The zero-order chi connectivity index (χ0) is 20.3. The van der Waals surface area contributed by atoms with Crippen LogP contribution in [0.3, 0.4) is 0 Å². The highest BCUT2D eigenvalue weighted by atomic mass is 32.2. The molecule has 3 aromatic rings. The molecule has 0 aliphatic rings. The number of rotatable bonds is 7. The highest BCUT2D eigenvalue weighted by Gasteiger charge is 2.15. The number of sulfonamides is 1. The van der Waals surface area contributed by atoms with Crippen molar-refractivity contribution in [2.45, 2.75) is 17.0 Å². The molecule has 0 bridgehead atoms. The van der Waals surface area contributed by atoms with Crippen LogP contribution in [-0.2, 0) is 21.9 Å². The van der Waals surface area contributed by atoms with Gasteiger partial charge in [0.25, 0.3) is 10.0 Å². The number of primary amides is 1. The first-order valence-corrected chi connectivity index (χ1v) is 10.7. The smallest absolute Gasteiger partial charge is 0.261 e. The average molecular weight is 418 g/mol. The van der Waals surface area contributed by atoms with Gasteiger partial charge in [-0.3, -0.25) is 9.52 Å². The molecule has 0 fully saturated rings. The van der Waals surface area contributed by atoms with Crippen LogP contribution in [0.15, 0.2) is 58.6 Å². The third-order valence-corrected chi connectivity index (χ3v) is 6.34. The molecule has 3 rings (SSSR count). The van der Waals surface area contributed by atoms with E-state index < -0.39 is 15.9 Å². The first-order chi connectivity index (χ1) is 13.3. The Morgan fingerprint density at radius 1 is 1.11 bits per heavy atom. The molecular weight excluding hydrogens is 398 g/mol. The number of nitrogens with two attached hydrogens (primary N) is 1. The fourth-order valence-electron chi connectivity index (χ4n) is 2.45. The van der Waals surface area contributed by atoms with Crippen molar-refractivity contribution in [3.8, 4) is 11.4 Å². The lowest BCUT2D eigenvalue weighted by molar-refractivity contribution is -0.115. The number of anilines is 1. The van der Waals surface area contributed by atoms with E-state index in [0.717, 1.165) is 11.1 Å². The van der Waals surface area contributed by atoms with Crippen molar-refractivity contribution in [2.24, 2.45) is 12.8 Å². The van der Waals surface area contributed by atoms with Gasteiger partial charge in [0.1, 0.15) is 0 Å². The zero-order valence-electron chi connectivity index (χ0n) is 15.3. The molecule has 0 aliphatic carbocycles. The largest absolute Gasteiger partial charge is 0.369 e. The Morgan fingerprint density at radius 2 is 1.75 bits per heavy atom. The summed E-state index contributed by atoms with van der Waals surface area (Å²) in [6.07, 6.45) is 0. The van der Waals surface area contributed by atoms with Crippen LogP contribution in [0.2, 0.25) is 0 Å². The molecule has 28 heavy (non-hydrogen) atoms. The molecule has 2 aromatic carbocycles. The second-order valence-electron chi connectivity index (χ2n) is 6.12. The maximum Gasteiger partial charge on any atom is 0.261 e. The molecule has 3 N–H and O–H groups in total. The van der Waals surface area contributed by atoms with Crippen molar-refractivity contribution in [3.05, 3.63) is 54.1 Å². The molecule has 10 heteroatoms. The molecule has 0 aliphatic heterocycles. The molecule has 8 nitrogen and oxygen atoms in total. The number of hydrogen-bond donors (Lipinski definition) is 2. The SMILES string of the molecule is Cc1ccc(S(=O)(=O)Nc2ccc(-c3nnc(SCC(N)=O)n3C)cc2)cc1. The van der Waals surface area contributed by atoms with Gasteiger partial charge in [0, 0.05) is 18.3 Å². The first-order valence-electron chi connectivity index (χ1n) is 8.27. The number of carbonyl (C=O) groups is 1. The summed E-state index contributed by atoms with van der Waals surface area (Å²) >= 11 is 1.20. The molecule has 0 saturated heterocycles. The summed E-state index contributed by atoms with van der Waals surface area (Å²) in [4.78, 5) is 11.1. The Hall–Kier alpha value is -2.85. The van der Waals surface area contributed by atoms with E-state index in [-0.39, 0.29) is 10.6 Å². The summed E-state index contributed by atoms with van der Waals surface area (Å²) in [5.41, 5.74) is 7.34. The quantitative estimate of drug-likeness (QED) is 0.569. The lowest BCUT2D eigenvalue weighted by atomic mass is 10.2. The summed E-state index contributed by atoms with van der Waals surface area (Å²) in [5, 5.41) is 8.74. The van der Waals surface area contributed by atoms with E-state index in [1.165, 1.54) is 11.8 Å². The van der Waals surface area contributed by atoms with Crippen LogP contribution >= 0.6 is 11.8 Å². The maximum atomic E-state index is 12.5. The zero-order valence-corrected chi connectivity index (χ0v) is 16.9. The van der Waals surface area contributed by atoms with Gasteiger partial charge >= 0.3 is 0 Å². The maximum absolute atomic E-state index is 12.5. The summed E-state index contributed by atoms with van der Waals surface area (Å²) in [7, 11) is -1.87. The van der Waals surface area contributed by atoms with Crippen LogP contribution in [0, 0.1) is 6.92 Å². The van der Waals surface area contributed by atoms with Gasteiger partial charge in [0.15, 0.2) is 11.0 Å². The third kappa shape index (κ3) is 4.52. The van der Waals surface area contributed by atoms with E-state index >= 15 is 0 Å². The van der Waals surface area contributed by atoms with Gasteiger partial charge in [-0.05, 0) is 43.3 Å².